The lowest BCUT2D eigenvalue weighted by Gasteiger charge is -2.20. The average molecular weight is 466 g/mol. The smallest absolute Gasteiger partial charge is 0.240 e. The third kappa shape index (κ3) is 8.13. The van der Waals surface area contributed by atoms with Crippen LogP contribution in [0.5, 0.6) is 0 Å². The maximum Gasteiger partial charge on any atom is 0.240 e. The molecule has 1 aromatic heterocycles. The number of nitrogens with one attached hydrogen (secondary N) is 1. The Kier molecular flexibility index (Phi) is 9.85. The molecule has 2 amide bonds. The van der Waals surface area contributed by atoms with Gasteiger partial charge in [-0.2, -0.15) is 0 Å². The molecule has 0 radical (unpaired) electrons. The number of aromatic nitrogens is 1. The van der Waals surface area contributed by atoms with E-state index in [0.29, 0.717) is 56.7 Å². The Balaban J connectivity index is 1.88. The Labute approximate surface area is 190 Å². The minimum Gasteiger partial charge on any atom is -0.370 e. The molecule has 2 heterocycles. The van der Waals surface area contributed by atoms with Crippen molar-refractivity contribution in [1.29, 1.82) is 0 Å². The third-order valence-corrected chi connectivity index (χ3v) is 5.78. The molecule has 2 rings (SSSR count). The second kappa shape index (κ2) is 12.6. The van der Waals surface area contributed by atoms with Crippen LogP contribution in [0, 0.1) is 5.92 Å². The van der Waals surface area contributed by atoms with E-state index in [2.05, 4.69) is 20.3 Å². The standard InChI is InChI=1S/C19H31N9O3S/c20-18(21)25-6-1-3-12-5-9-28(17(12)31)11-14(29)27-13(4-2-7-26-19(22)23)15(30)16-24-8-10-32-16/h8,10,12-13H,1-7,9,11H2,(H,27,29)(H4,20,21,25)(H4,22,23,26)/t12?,13-/m0/s1. The van der Waals surface area contributed by atoms with Gasteiger partial charge in [-0.05, 0) is 32.1 Å². The van der Waals surface area contributed by atoms with E-state index in [1.165, 1.54) is 22.4 Å². The Morgan fingerprint density at radius 3 is 2.50 bits per heavy atom. The number of nitrogens with two attached hydrogens (primary N) is 4. The van der Waals surface area contributed by atoms with Gasteiger partial charge in [-0.15, -0.1) is 11.3 Å². The quantitative estimate of drug-likeness (QED) is 0.103. The van der Waals surface area contributed by atoms with Crippen LogP contribution in [0.25, 0.3) is 0 Å². The van der Waals surface area contributed by atoms with Gasteiger partial charge in [-0.1, -0.05) is 0 Å². The molecule has 1 saturated heterocycles. The van der Waals surface area contributed by atoms with Crippen LogP contribution in [0.15, 0.2) is 21.6 Å². The Morgan fingerprint density at radius 1 is 1.19 bits per heavy atom. The van der Waals surface area contributed by atoms with Gasteiger partial charge in [0.2, 0.25) is 17.6 Å². The van der Waals surface area contributed by atoms with E-state index in [9.17, 15) is 14.4 Å². The largest absolute Gasteiger partial charge is 0.370 e. The molecular weight excluding hydrogens is 434 g/mol. The number of rotatable bonds is 13. The van der Waals surface area contributed by atoms with Crippen molar-refractivity contribution in [1.82, 2.24) is 15.2 Å². The van der Waals surface area contributed by atoms with Crippen molar-refractivity contribution in [2.24, 2.45) is 38.8 Å². The first kappa shape index (κ1) is 25.0. The second-order valence-electron chi connectivity index (χ2n) is 7.46. The number of hydrogen-bond donors (Lipinski definition) is 5. The zero-order valence-corrected chi connectivity index (χ0v) is 18.7. The van der Waals surface area contributed by atoms with Gasteiger partial charge in [0.1, 0.15) is 0 Å². The van der Waals surface area contributed by atoms with Gasteiger partial charge >= 0.3 is 0 Å². The maximum atomic E-state index is 12.8. The molecule has 0 spiro atoms. The average Bonchev–Trinajstić information content (AvgIpc) is 3.38. The predicted molar refractivity (Wildman–Crippen MR) is 123 cm³/mol. The number of amides is 2. The van der Waals surface area contributed by atoms with Gasteiger partial charge in [-0.25, -0.2) is 4.98 Å². The first-order valence-corrected chi connectivity index (χ1v) is 11.3. The summed E-state index contributed by atoms with van der Waals surface area (Å²) in [6, 6.07) is -0.768. The summed E-state index contributed by atoms with van der Waals surface area (Å²) in [6.07, 6.45) is 4.40. The normalized spacial score (nSPS) is 16.4. The predicted octanol–water partition coefficient (Wildman–Crippen LogP) is -1.23. The lowest BCUT2D eigenvalue weighted by Crippen LogP contribution is -2.46. The molecule has 1 fully saturated rings. The number of aliphatic imine (C=N–C) groups is 2. The fourth-order valence-electron chi connectivity index (χ4n) is 3.45. The number of carbonyl (C=O) groups is 3. The zero-order chi connectivity index (χ0) is 23.5. The van der Waals surface area contributed by atoms with Crippen LogP contribution in [-0.4, -0.2) is 71.6 Å². The van der Waals surface area contributed by atoms with Crippen LogP contribution >= 0.6 is 11.3 Å². The summed E-state index contributed by atoms with van der Waals surface area (Å²) in [5.41, 5.74) is 21.2. The van der Waals surface area contributed by atoms with E-state index in [0.717, 1.165) is 0 Å². The van der Waals surface area contributed by atoms with Crippen molar-refractivity contribution >= 4 is 40.9 Å². The minimum absolute atomic E-state index is 0.0289. The van der Waals surface area contributed by atoms with Gasteiger partial charge in [0.25, 0.3) is 0 Å². The van der Waals surface area contributed by atoms with E-state index in [1.807, 2.05) is 0 Å². The topological polar surface area (TPSA) is 208 Å². The monoisotopic (exact) mass is 465 g/mol. The number of hydrogen-bond acceptors (Lipinski definition) is 7. The van der Waals surface area contributed by atoms with Crippen LogP contribution in [0.1, 0.15) is 41.9 Å². The lowest BCUT2D eigenvalue weighted by atomic mass is 10.0. The Bertz CT molecular complexity index is 833. The molecule has 176 valence electrons. The van der Waals surface area contributed by atoms with Crippen molar-refractivity contribution < 1.29 is 14.4 Å². The second-order valence-corrected chi connectivity index (χ2v) is 8.36. The molecule has 0 saturated carbocycles. The fraction of sp³-hybridized carbons (Fsp3) is 0.579. The first-order chi connectivity index (χ1) is 15.3. The Hall–Kier alpha value is -3.22. The molecule has 2 atom stereocenters. The summed E-state index contributed by atoms with van der Waals surface area (Å²) in [7, 11) is 0. The number of Topliss-reactive ketones (excluding diaryl/α,β-unsaturated/α-hetero) is 1. The molecule has 13 heteroatoms. The van der Waals surface area contributed by atoms with E-state index in [4.69, 9.17) is 22.9 Å². The molecule has 0 aromatic carbocycles. The highest BCUT2D eigenvalue weighted by molar-refractivity contribution is 7.11. The van der Waals surface area contributed by atoms with Crippen LogP contribution in [0.4, 0.5) is 0 Å². The van der Waals surface area contributed by atoms with Crippen molar-refractivity contribution in [3.63, 3.8) is 0 Å². The van der Waals surface area contributed by atoms with Crippen molar-refractivity contribution in [3.8, 4) is 0 Å². The van der Waals surface area contributed by atoms with Crippen LogP contribution in [0.2, 0.25) is 0 Å². The SMILES string of the molecule is NC(N)=NCCCC1CCN(CC(=O)N[C@@H](CCCN=C(N)N)C(=O)c2nccs2)C1=O. The molecule has 32 heavy (non-hydrogen) atoms. The van der Waals surface area contributed by atoms with Crippen molar-refractivity contribution in [2.45, 2.75) is 38.1 Å². The van der Waals surface area contributed by atoms with Gasteiger partial charge in [0.15, 0.2) is 16.9 Å². The number of guanidine groups is 2. The fourth-order valence-corrected chi connectivity index (χ4v) is 4.08. The molecule has 12 nitrogen and oxygen atoms in total. The van der Waals surface area contributed by atoms with Gasteiger partial charge in [0, 0.05) is 37.1 Å². The molecule has 9 N–H and O–H groups in total. The van der Waals surface area contributed by atoms with Crippen LogP contribution in [0.3, 0.4) is 0 Å². The van der Waals surface area contributed by atoms with Crippen LogP contribution < -0.4 is 28.3 Å². The molecule has 1 aliphatic rings. The van der Waals surface area contributed by atoms with Gasteiger partial charge in [-0.3, -0.25) is 24.4 Å². The first-order valence-electron chi connectivity index (χ1n) is 10.4. The number of carbonyl (C=O) groups excluding carboxylic acids is 3. The van der Waals surface area contributed by atoms with E-state index >= 15 is 0 Å². The van der Waals surface area contributed by atoms with Gasteiger partial charge < -0.3 is 33.2 Å². The molecular formula is C19H31N9O3S. The summed E-state index contributed by atoms with van der Waals surface area (Å²) in [5, 5.41) is 4.76. The highest BCUT2D eigenvalue weighted by Gasteiger charge is 2.33. The molecule has 0 bridgehead atoms. The number of nitrogens with zero attached hydrogens (tertiary/aromatic N) is 4. The summed E-state index contributed by atoms with van der Waals surface area (Å²) in [5.74, 6) is -0.886. The molecule has 1 unspecified atom stereocenters. The van der Waals surface area contributed by atoms with E-state index < -0.39 is 11.9 Å². The molecule has 0 aliphatic carbocycles. The number of thiazole rings is 1. The third-order valence-electron chi connectivity index (χ3n) is 4.99. The van der Waals surface area contributed by atoms with Crippen LogP contribution in [-0.2, 0) is 9.59 Å². The number of ketones is 1. The van der Waals surface area contributed by atoms with E-state index in [1.54, 1.807) is 5.38 Å². The van der Waals surface area contributed by atoms with E-state index in [-0.39, 0.29) is 36.1 Å². The summed E-state index contributed by atoms with van der Waals surface area (Å²) in [4.78, 5) is 51.3. The van der Waals surface area contributed by atoms with Crippen molar-refractivity contribution in [3.05, 3.63) is 16.6 Å². The molecule has 1 aliphatic heterocycles. The molecule has 1 aromatic rings. The lowest BCUT2D eigenvalue weighted by molar-refractivity contribution is -0.135. The summed E-state index contributed by atoms with van der Waals surface area (Å²) in [6.45, 7) is 1.20. The highest BCUT2D eigenvalue weighted by Crippen LogP contribution is 2.22. The van der Waals surface area contributed by atoms with Gasteiger partial charge in [0.05, 0.1) is 12.6 Å². The highest BCUT2D eigenvalue weighted by atomic mass is 32.1. The summed E-state index contributed by atoms with van der Waals surface area (Å²) < 4.78 is 0. The summed E-state index contributed by atoms with van der Waals surface area (Å²) >= 11 is 1.21. The van der Waals surface area contributed by atoms with Crippen molar-refractivity contribution in [2.75, 3.05) is 26.2 Å². The zero-order valence-electron chi connectivity index (χ0n) is 17.9. The minimum atomic E-state index is -0.768. The Morgan fingerprint density at radius 2 is 1.88 bits per heavy atom. The maximum absolute atomic E-state index is 12.8. The number of likely N-dealkylation sites (tertiary alicyclic amines) is 1.